The minimum absolute atomic E-state index is 0.0217. The van der Waals surface area contributed by atoms with Crippen molar-refractivity contribution in [3.8, 4) is 0 Å². The molecule has 0 bridgehead atoms. The Morgan fingerprint density at radius 2 is 2.00 bits per heavy atom. The Morgan fingerprint density at radius 1 is 1.50 bits per heavy atom. The first-order chi connectivity index (χ1) is 6.31. The molecule has 3 nitrogen and oxygen atoms in total. The zero-order chi connectivity index (χ0) is 11.4. The highest BCUT2D eigenvalue weighted by atomic mass is 19.3. The van der Waals surface area contributed by atoms with Gasteiger partial charge in [-0.05, 0) is 0 Å². The maximum absolute atomic E-state index is 12.3. The molecular formula is C7H12F4N2O. The maximum atomic E-state index is 12.3. The van der Waals surface area contributed by atoms with E-state index in [0.717, 1.165) is 0 Å². The summed E-state index contributed by atoms with van der Waals surface area (Å²) >= 11 is 0. The summed E-state index contributed by atoms with van der Waals surface area (Å²) < 4.78 is 47.8. The molecule has 0 aliphatic carbocycles. The third kappa shape index (κ3) is 3.91. The fourth-order valence-electron chi connectivity index (χ4n) is 0.563. The van der Waals surface area contributed by atoms with Gasteiger partial charge < -0.3 is 11.1 Å². The molecule has 0 saturated carbocycles. The van der Waals surface area contributed by atoms with E-state index in [9.17, 15) is 22.4 Å². The molecule has 0 aliphatic rings. The van der Waals surface area contributed by atoms with Crippen LogP contribution >= 0.6 is 0 Å². The number of nitrogens with two attached hydrogens (primary N) is 1. The molecule has 0 aromatic carbocycles. The number of hydrogen-bond donors (Lipinski definition) is 2. The molecule has 0 aromatic rings. The van der Waals surface area contributed by atoms with Crippen molar-refractivity contribution in [1.29, 1.82) is 0 Å². The van der Waals surface area contributed by atoms with Gasteiger partial charge in [0.25, 0.3) is 0 Å². The monoisotopic (exact) mass is 216 g/mol. The van der Waals surface area contributed by atoms with Crippen molar-refractivity contribution in [3.63, 3.8) is 0 Å². The SMILES string of the molecule is CC(CN)C(=O)NCC(F)(F)C(F)F. The summed E-state index contributed by atoms with van der Waals surface area (Å²) in [6, 6.07) is 0. The molecule has 14 heavy (non-hydrogen) atoms. The van der Waals surface area contributed by atoms with E-state index >= 15 is 0 Å². The fourth-order valence-corrected chi connectivity index (χ4v) is 0.563. The number of amides is 1. The van der Waals surface area contributed by atoms with Gasteiger partial charge in [0.1, 0.15) is 0 Å². The molecule has 0 radical (unpaired) electrons. The van der Waals surface area contributed by atoms with Gasteiger partial charge in [0.15, 0.2) is 0 Å². The highest BCUT2D eigenvalue weighted by Gasteiger charge is 2.40. The number of hydrogen-bond acceptors (Lipinski definition) is 2. The molecule has 1 unspecified atom stereocenters. The first-order valence-corrected chi connectivity index (χ1v) is 3.95. The van der Waals surface area contributed by atoms with Crippen molar-refractivity contribution in [3.05, 3.63) is 0 Å². The second kappa shape index (κ2) is 5.14. The molecule has 0 heterocycles. The quantitative estimate of drug-likeness (QED) is 0.661. The van der Waals surface area contributed by atoms with Crippen molar-refractivity contribution in [2.24, 2.45) is 11.7 Å². The Labute approximate surface area is 78.6 Å². The van der Waals surface area contributed by atoms with Gasteiger partial charge in [0.05, 0.1) is 6.54 Å². The van der Waals surface area contributed by atoms with Crippen LogP contribution in [0.15, 0.2) is 0 Å². The summed E-state index contributed by atoms with van der Waals surface area (Å²) in [6.45, 7) is 0.0236. The Hall–Kier alpha value is -0.850. The normalized spacial score (nSPS) is 14.2. The van der Waals surface area contributed by atoms with Crippen LogP contribution in [0.5, 0.6) is 0 Å². The van der Waals surface area contributed by atoms with E-state index in [1.807, 2.05) is 0 Å². The molecular weight excluding hydrogens is 204 g/mol. The van der Waals surface area contributed by atoms with E-state index < -0.39 is 30.7 Å². The lowest BCUT2D eigenvalue weighted by Crippen LogP contribution is -2.44. The first kappa shape index (κ1) is 13.2. The van der Waals surface area contributed by atoms with Crippen LogP contribution in [0.2, 0.25) is 0 Å². The van der Waals surface area contributed by atoms with Crippen LogP contribution in [-0.2, 0) is 4.79 Å². The maximum Gasteiger partial charge on any atom is 0.324 e. The number of carbonyl (C=O) groups excluding carboxylic acids is 1. The number of halogens is 4. The van der Waals surface area contributed by atoms with Crippen molar-refractivity contribution in [2.75, 3.05) is 13.1 Å². The van der Waals surface area contributed by atoms with Crippen LogP contribution in [0, 0.1) is 5.92 Å². The summed E-state index contributed by atoms with van der Waals surface area (Å²) in [5.74, 6) is -5.61. The number of alkyl halides is 4. The molecule has 0 fully saturated rings. The van der Waals surface area contributed by atoms with Crippen molar-refractivity contribution in [2.45, 2.75) is 19.3 Å². The van der Waals surface area contributed by atoms with E-state index in [0.29, 0.717) is 0 Å². The molecule has 1 amide bonds. The van der Waals surface area contributed by atoms with Crippen LogP contribution in [0.4, 0.5) is 17.6 Å². The average molecular weight is 216 g/mol. The average Bonchev–Trinajstić information content (AvgIpc) is 2.12. The van der Waals surface area contributed by atoms with Crippen molar-refractivity contribution >= 4 is 5.91 Å². The van der Waals surface area contributed by atoms with Gasteiger partial charge in [0.2, 0.25) is 5.91 Å². The number of nitrogens with one attached hydrogen (secondary N) is 1. The third-order valence-electron chi connectivity index (χ3n) is 1.62. The largest absolute Gasteiger partial charge is 0.350 e. The van der Waals surface area contributed by atoms with Crippen LogP contribution < -0.4 is 11.1 Å². The van der Waals surface area contributed by atoms with Crippen LogP contribution in [0.1, 0.15) is 6.92 Å². The molecule has 0 aliphatic heterocycles. The second-order valence-electron chi connectivity index (χ2n) is 2.92. The van der Waals surface area contributed by atoms with E-state index in [1.165, 1.54) is 6.92 Å². The van der Waals surface area contributed by atoms with Gasteiger partial charge >= 0.3 is 12.3 Å². The van der Waals surface area contributed by atoms with E-state index in [1.54, 1.807) is 5.32 Å². The molecule has 7 heteroatoms. The van der Waals surface area contributed by atoms with Crippen molar-refractivity contribution < 1.29 is 22.4 Å². The highest BCUT2D eigenvalue weighted by molar-refractivity contribution is 5.78. The molecule has 1 atom stereocenters. The van der Waals surface area contributed by atoms with Gasteiger partial charge in [-0.3, -0.25) is 4.79 Å². The fraction of sp³-hybridized carbons (Fsp3) is 0.857. The van der Waals surface area contributed by atoms with Gasteiger partial charge in [-0.25, -0.2) is 8.78 Å². The van der Waals surface area contributed by atoms with Gasteiger partial charge in [-0.1, -0.05) is 6.92 Å². The molecule has 0 aromatic heterocycles. The van der Waals surface area contributed by atoms with Crippen LogP contribution in [-0.4, -0.2) is 31.3 Å². The predicted molar refractivity (Wildman–Crippen MR) is 42.2 cm³/mol. The Bertz CT molecular complexity index is 198. The Morgan fingerprint density at radius 3 is 2.36 bits per heavy atom. The Kier molecular flexibility index (Phi) is 4.82. The van der Waals surface area contributed by atoms with Gasteiger partial charge in [-0.15, -0.1) is 0 Å². The van der Waals surface area contributed by atoms with E-state index in [4.69, 9.17) is 5.73 Å². The topological polar surface area (TPSA) is 55.1 Å². The molecule has 0 spiro atoms. The Balaban J connectivity index is 4.00. The molecule has 84 valence electrons. The molecule has 0 saturated heterocycles. The third-order valence-corrected chi connectivity index (χ3v) is 1.62. The van der Waals surface area contributed by atoms with Crippen LogP contribution in [0.3, 0.4) is 0 Å². The lowest BCUT2D eigenvalue weighted by Gasteiger charge is -2.17. The van der Waals surface area contributed by atoms with Crippen LogP contribution in [0.25, 0.3) is 0 Å². The smallest absolute Gasteiger partial charge is 0.324 e. The molecule has 0 rings (SSSR count). The standard InChI is InChI=1S/C7H12F4N2O/c1-4(2-12)5(14)13-3-7(10,11)6(8)9/h4,6H,2-3,12H2,1H3,(H,13,14). The number of rotatable bonds is 5. The number of carbonyl (C=O) groups is 1. The highest BCUT2D eigenvalue weighted by Crippen LogP contribution is 2.21. The van der Waals surface area contributed by atoms with E-state index in [-0.39, 0.29) is 6.54 Å². The van der Waals surface area contributed by atoms with Crippen molar-refractivity contribution in [1.82, 2.24) is 5.32 Å². The van der Waals surface area contributed by atoms with E-state index in [2.05, 4.69) is 0 Å². The van der Waals surface area contributed by atoms with Gasteiger partial charge in [0, 0.05) is 12.5 Å². The second-order valence-corrected chi connectivity index (χ2v) is 2.92. The summed E-state index contributed by atoms with van der Waals surface area (Å²) in [5, 5.41) is 1.71. The minimum atomic E-state index is -4.19. The lowest BCUT2D eigenvalue weighted by molar-refractivity contribution is -0.138. The van der Waals surface area contributed by atoms with Gasteiger partial charge in [-0.2, -0.15) is 8.78 Å². The zero-order valence-corrected chi connectivity index (χ0v) is 7.57. The zero-order valence-electron chi connectivity index (χ0n) is 7.57. The lowest BCUT2D eigenvalue weighted by atomic mass is 10.1. The first-order valence-electron chi connectivity index (χ1n) is 3.95. The summed E-state index contributed by atoms with van der Waals surface area (Å²) in [5.41, 5.74) is 5.08. The predicted octanol–water partition coefficient (Wildman–Crippen LogP) is 0.598. The summed E-state index contributed by atoms with van der Waals surface area (Å²) in [6.07, 6.45) is -3.78. The summed E-state index contributed by atoms with van der Waals surface area (Å²) in [4.78, 5) is 10.9. The summed E-state index contributed by atoms with van der Waals surface area (Å²) in [7, 11) is 0. The minimum Gasteiger partial charge on any atom is -0.350 e. The molecule has 3 N–H and O–H groups in total.